The molecular formula is C33H35Cl2F2N4O2S+. The number of amides is 1. The zero-order chi connectivity index (χ0) is 31.6. The van der Waals surface area contributed by atoms with Gasteiger partial charge in [-0.2, -0.15) is 0 Å². The minimum Gasteiger partial charge on any atom is -0.495 e. The summed E-state index contributed by atoms with van der Waals surface area (Å²) < 4.78 is 36.7. The number of aromatic nitrogens is 2. The molecule has 0 bridgehead atoms. The molecule has 0 aliphatic carbocycles. The molecule has 0 atom stereocenters. The summed E-state index contributed by atoms with van der Waals surface area (Å²) in [5.41, 5.74) is 2.35. The van der Waals surface area contributed by atoms with E-state index in [0.717, 1.165) is 37.2 Å². The molecule has 3 aromatic carbocycles. The molecule has 232 valence electrons. The number of piperidine rings is 1. The third kappa shape index (κ3) is 6.91. The van der Waals surface area contributed by atoms with E-state index in [9.17, 15) is 9.18 Å². The average molecular weight is 661 g/mol. The van der Waals surface area contributed by atoms with Crippen molar-refractivity contribution in [3.63, 3.8) is 0 Å². The van der Waals surface area contributed by atoms with Crippen LogP contribution < -0.4 is 15.0 Å². The van der Waals surface area contributed by atoms with E-state index in [4.69, 9.17) is 32.9 Å². The maximum atomic E-state index is 15.4. The number of benzene rings is 3. The van der Waals surface area contributed by atoms with Crippen LogP contribution in [0.25, 0.3) is 5.69 Å². The van der Waals surface area contributed by atoms with Gasteiger partial charge >= 0.3 is 0 Å². The molecule has 2 heterocycles. The first kappa shape index (κ1) is 32.3. The number of carbonyl (C=O) groups excluding carboxylic acids is 1. The monoisotopic (exact) mass is 659 g/mol. The van der Waals surface area contributed by atoms with Gasteiger partial charge in [-0.05, 0) is 54.1 Å². The van der Waals surface area contributed by atoms with E-state index in [1.54, 1.807) is 31.5 Å². The fourth-order valence-electron chi connectivity index (χ4n) is 5.45. The predicted octanol–water partition coefficient (Wildman–Crippen LogP) is 6.49. The van der Waals surface area contributed by atoms with Gasteiger partial charge < -0.3 is 15.0 Å². The topological polar surface area (TPSA) is 60.6 Å². The highest BCUT2D eigenvalue weighted by molar-refractivity contribution is 7.98. The van der Waals surface area contributed by atoms with Crippen molar-refractivity contribution < 1.29 is 23.2 Å². The molecule has 2 N–H and O–H groups in total. The molecule has 6 nitrogen and oxygen atoms in total. The summed E-state index contributed by atoms with van der Waals surface area (Å²) >= 11 is 14.1. The number of ether oxygens (including phenoxy) is 1. The Bertz CT molecular complexity index is 1630. The third-order valence-electron chi connectivity index (χ3n) is 8.25. The number of carbonyl (C=O) groups is 1. The Kier molecular flexibility index (Phi) is 9.89. The van der Waals surface area contributed by atoms with Crippen LogP contribution in [0.15, 0.2) is 66.0 Å². The zero-order valence-electron chi connectivity index (χ0n) is 25.0. The summed E-state index contributed by atoms with van der Waals surface area (Å²) in [6.45, 7) is 6.07. The number of nitrogens with zero attached hydrogens (tertiary/aromatic N) is 2. The van der Waals surface area contributed by atoms with Crippen molar-refractivity contribution in [3.05, 3.63) is 105 Å². The van der Waals surface area contributed by atoms with E-state index in [1.807, 2.05) is 30.5 Å². The lowest BCUT2D eigenvalue weighted by Crippen LogP contribution is -3.10. The van der Waals surface area contributed by atoms with Crippen molar-refractivity contribution in [3.8, 4) is 11.4 Å². The van der Waals surface area contributed by atoms with E-state index in [-0.39, 0.29) is 39.7 Å². The first-order valence-corrected chi connectivity index (χ1v) is 16.1. The Balaban J connectivity index is 1.42. The van der Waals surface area contributed by atoms with Crippen LogP contribution in [0.2, 0.25) is 10.0 Å². The van der Waals surface area contributed by atoms with E-state index >= 15 is 4.39 Å². The van der Waals surface area contributed by atoms with E-state index < -0.39 is 11.2 Å². The number of likely N-dealkylation sites (tertiary alicyclic amines) is 1. The van der Waals surface area contributed by atoms with Crippen LogP contribution in [0.1, 0.15) is 53.9 Å². The summed E-state index contributed by atoms with van der Waals surface area (Å²) in [6.07, 6.45) is 3.53. The van der Waals surface area contributed by atoms with E-state index in [0.29, 0.717) is 21.6 Å². The zero-order valence-corrected chi connectivity index (χ0v) is 27.3. The van der Waals surface area contributed by atoms with Crippen molar-refractivity contribution in [1.29, 1.82) is 0 Å². The first-order valence-electron chi connectivity index (χ1n) is 14.4. The molecule has 1 fully saturated rings. The van der Waals surface area contributed by atoms with Gasteiger partial charge in [0.15, 0.2) is 5.16 Å². The van der Waals surface area contributed by atoms with Crippen molar-refractivity contribution in [2.75, 3.05) is 27.2 Å². The molecule has 44 heavy (non-hydrogen) atoms. The van der Waals surface area contributed by atoms with Gasteiger partial charge in [-0.3, -0.25) is 9.36 Å². The van der Waals surface area contributed by atoms with E-state index in [1.165, 1.54) is 40.9 Å². The number of nitrogens with one attached hydrogen (secondary N) is 2. The van der Waals surface area contributed by atoms with Crippen molar-refractivity contribution in [1.82, 2.24) is 14.9 Å². The number of methoxy groups -OCH3 is 1. The van der Waals surface area contributed by atoms with Crippen molar-refractivity contribution in [2.24, 2.45) is 0 Å². The second-order valence-corrected chi connectivity index (χ2v) is 13.4. The van der Waals surface area contributed by atoms with Crippen LogP contribution in [0, 0.1) is 11.6 Å². The van der Waals surface area contributed by atoms with Gasteiger partial charge in [0.25, 0.3) is 5.91 Å². The molecule has 1 aliphatic heterocycles. The van der Waals surface area contributed by atoms with Gasteiger partial charge in [0.1, 0.15) is 17.4 Å². The number of quaternary nitrogens is 1. The maximum Gasteiger partial charge on any atom is 0.251 e. The van der Waals surface area contributed by atoms with Gasteiger partial charge in [0.2, 0.25) is 0 Å². The quantitative estimate of drug-likeness (QED) is 0.202. The van der Waals surface area contributed by atoms with Crippen molar-refractivity contribution >= 4 is 40.9 Å². The Hall–Kier alpha value is -3.11. The smallest absolute Gasteiger partial charge is 0.251 e. The van der Waals surface area contributed by atoms with Gasteiger partial charge in [0, 0.05) is 51.9 Å². The van der Waals surface area contributed by atoms with Gasteiger partial charge in [-0.25, -0.2) is 13.8 Å². The molecular weight excluding hydrogens is 625 g/mol. The lowest BCUT2D eigenvalue weighted by atomic mass is 9.81. The molecule has 0 radical (unpaired) electrons. The summed E-state index contributed by atoms with van der Waals surface area (Å²) in [4.78, 5) is 19.0. The highest BCUT2D eigenvalue weighted by Gasteiger charge is 2.31. The molecule has 1 aromatic heterocycles. The predicted molar refractivity (Wildman–Crippen MR) is 172 cm³/mol. The minimum absolute atomic E-state index is 0.0704. The lowest BCUT2D eigenvalue weighted by Gasteiger charge is -2.28. The number of rotatable bonds is 9. The second-order valence-electron chi connectivity index (χ2n) is 11.6. The number of halogens is 4. The SMILES string of the molecule is COc1cc(C(C)(C)c2cnc(SCc3c(F)cc(C(=O)NC4CC[NH+](C)CC4)cc3Cl)n2-c2ccc(F)cc2)ccc1Cl. The molecule has 11 heteroatoms. The molecule has 0 unspecified atom stereocenters. The molecule has 1 amide bonds. The fraction of sp³-hybridized carbons (Fsp3) is 0.333. The third-order valence-corrected chi connectivity index (χ3v) is 9.88. The Morgan fingerprint density at radius 2 is 1.80 bits per heavy atom. The van der Waals surface area contributed by atoms with Gasteiger partial charge in [-0.1, -0.05) is 54.9 Å². The van der Waals surface area contributed by atoms with Crippen LogP contribution in [-0.4, -0.2) is 48.7 Å². The number of thioether (sulfide) groups is 1. The van der Waals surface area contributed by atoms with Crippen LogP contribution in [0.5, 0.6) is 5.75 Å². The Morgan fingerprint density at radius 3 is 2.45 bits per heavy atom. The van der Waals surface area contributed by atoms with Gasteiger partial charge in [0.05, 0.1) is 44.2 Å². The molecule has 0 spiro atoms. The van der Waals surface area contributed by atoms with Crippen LogP contribution in [0.4, 0.5) is 8.78 Å². The minimum atomic E-state index is -0.578. The Labute approximate surface area is 270 Å². The molecule has 4 aromatic rings. The lowest BCUT2D eigenvalue weighted by molar-refractivity contribution is -0.884. The number of hydrogen-bond donors (Lipinski definition) is 2. The fourth-order valence-corrected chi connectivity index (χ4v) is 7.02. The van der Waals surface area contributed by atoms with Crippen LogP contribution >= 0.6 is 35.0 Å². The standard InChI is InChI=1S/C33H34Cl2F2N4O2S/c1-33(2,21-5-10-26(34)29(17-21)43-4)30-18-38-32(41(30)24-8-6-22(36)7-9-24)44-19-25-27(35)15-20(16-28(25)37)31(42)39-23-11-13-40(3)14-12-23/h5-10,15-18,23H,11-14,19H2,1-4H3,(H,39,42)/p+1. The molecule has 5 rings (SSSR count). The molecule has 1 saturated heterocycles. The highest BCUT2D eigenvalue weighted by Crippen LogP contribution is 2.39. The normalized spacial score (nSPS) is 17.0. The first-order chi connectivity index (χ1) is 21.0. The van der Waals surface area contributed by atoms with Crippen molar-refractivity contribution in [2.45, 2.75) is 49.1 Å². The second kappa shape index (κ2) is 13.5. The Morgan fingerprint density at radius 1 is 1.09 bits per heavy atom. The van der Waals surface area contributed by atoms with Gasteiger partial charge in [-0.15, -0.1) is 0 Å². The number of imidazole rings is 1. The molecule has 1 aliphatic rings. The maximum absolute atomic E-state index is 15.4. The summed E-state index contributed by atoms with van der Waals surface area (Å²) in [5.74, 6) is -0.531. The highest BCUT2D eigenvalue weighted by atomic mass is 35.5. The van der Waals surface area contributed by atoms with Crippen LogP contribution in [0.3, 0.4) is 0 Å². The average Bonchev–Trinajstić information content (AvgIpc) is 3.43. The summed E-state index contributed by atoms with van der Waals surface area (Å²) in [6, 6.07) is 14.6. The summed E-state index contributed by atoms with van der Waals surface area (Å²) in [7, 11) is 3.70. The van der Waals surface area contributed by atoms with Crippen LogP contribution in [-0.2, 0) is 11.2 Å². The largest absolute Gasteiger partial charge is 0.495 e. The molecule has 0 saturated carbocycles. The number of hydrogen-bond acceptors (Lipinski definition) is 4. The summed E-state index contributed by atoms with van der Waals surface area (Å²) in [5, 5.41) is 4.26. The van der Waals surface area contributed by atoms with E-state index in [2.05, 4.69) is 12.4 Å².